The second kappa shape index (κ2) is 4.37. The first-order chi connectivity index (χ1) is 6.57. The van der Waals surface area contributed by atoms with Crippen LogP contribution in [0.4, 0.5) is 0 Å². The number of carbonyl (C=O) groups is 1. The molecule has 0 bridgehead atoms. The summed E-state index contributed by atoms with van der Waals surface area (Å²) < 4.78 is 1.70. The Morgan fingerprint density at radius 1 is 1.64 bits per heavy atom. The lowest BCUT2D eigenvalue weighted by molar-refractivity contribution is 0.0906. The van der Waals surface area contributed by atoms with Gasteiger partial charge in [-0.3, -0.25) is 9.48 Å². The SMILES string of the molecule is CCn1nccc1C(=O)C(C)C(C)N. The highest BCUT2D eigenvalue weighted by Crippen LogP contribution is 2.10. The third-order valence-electron chi connectivity index (χ3n) is 2.47. The number of carbonyl (C=O) groups excluding carboxylic acids is 1. The Hall–Kier alpha value is -1.16. The minimum atomic E-state index is -0.156. The van der Waals surface area contributed by atoms with Crippen LogP contribution in [0.3, 0.4) is 0 Å². The van der Waals surface area contributed by atoms with E-state index in [9.17, 15) is 4.79 Å². The van der Waals surface area contributed by atoms with Gasteiger partial charge >= 0.3 is 0 Å². The molecular formula is C10H17N3O. The summed E-state index contributed by atoms with van der Waals surface area (Å²) in [6.07, 6.45) is 1.64. The smallest absolute Gasteiger partial charge is 0.185 e. The van der Waals surface area contributed by atoms with Crippen LogP contribution in [0, 0.1) is 5.92 Å². The fraction of sp³-hybridized carbons (Fsp3) is 0.600. The molecule has 0 aliphatic carbocycles. The quantitative estimate of drug-likeness (QED) is 0.731. The molecule has 0 aliphatic rings. The Kier molecular flexibility index (Phi) is 3.41. The number of ketones is 1. The summed E-state index contributed by atoms with van der Waals surface area (Å²) in [7, 11) is 0. The van der Waals surface area contributed by atoms with E-state index >= 15 is 0 Å². The molecule has 2 unspecified atom stereocenters. The molecule has 0 fully saturated rings. The van der Waals surface area contributed by atoms with Crippen LogP contribution in [0.2, 0.25) is 0 Å². The summed E-state index contributed by atoms with van der Waals surface area (Å²) in [4.78, 5) is 11.9. The molecule has 14 heavy (non-hydrogen) atoms. The number of aromatic nitrogens is 2. The second-order valence-corrected chi connectivity index (χ2v) is 3.54. The van der Waals surface area contributed by atoms with Crippen LogP contribution >= 0.6 is 0 Å². The van der Waals surface area contributed by atoms with Gasteiger partial charge in [-0.15, -0.1) is 0 Å². The van der Waals surface area contributed by atoms with Crippen LogP contribution in [0.1, 0.15) is 31.3 Å². The molecule has 2 N–H and O–H groups in total. The van der Waals surface area contributed by atoms with E-state index in [0.29, 0.717) is 12.2 Å². The van der Waals surface area contributed by atoms with Crippen molar-refractivity contribution in [1.29, 1.82) is 0 Å². The molecule has 0 saturated carbocycles. The van der Waals surface area contributed by atoms with Crippen LogP contribution in [-0.4, -0.2) is 21.6 Å². The first-order valence-corrected chi connectivity index (χ1v) is 4.89. The number of Topliss-reactive ketones (excluding diaryl/α,β-unsaturated/α-hetero) is 1. The minimum Gasteiger partial charge on any atom is -0.327 e. The van der Waals surface area contributed by atoms with Gasteiger partial charge in [-0.25, -0.2) is 0 Å². The van der Waals surface area contributed by atoms with Crippen molar-refractivity contribution in [3.63, 3.8) is 0 Å². The topological polar surface area (TPSA) is 60.9 Å². The van der Waals surface area contributed by atoms with Crippen molar-refractivity contribution in [3.05, 3.63) is 18.0 Å². The predicted octanol–water partition coefficient (Wildman–Crippen LogP) is 1.07. The Morgan fingerprint density at radius 2 is 2.29 bits per heavy atom. The number of nitrogens with zero attached hydrogens (tertiary/aromatic N) is 2. The first kappa shape index (κ1) is 10.9. The molecule has 0 radical (unpaired) electrons. The monoisotopic (exact) mass is 195 g/mol. The maximum atomic E-state index is 11.9. The maximum Gasteiger partial charge on any atom is 0.185 e. The van der Waals surface area contributed by atoms with Crippen molar-refractivity contribution in [2.75, 3.05) is 0 Å². The van der Waals surface area contributed by atoms with Crippen molar-refractivity contribution in [3.8, 4) is 0 Å². The highest BCUT2D eigenvalue weighted by atomic mass is 16.1. The van der Waals surface area contributed by atoms with Crippen molar-refractivity contribution in [2.45, 2.75) is 33.4 Å². The van der Waals surface area contributed by atoms with Crippen LogP contribution in [0.5, 0.6) is 0 Å². The summed E-state index contributed by atoms with van der Waals surface area (Å²) in [5.41, 5.74) is 6.33. The fourth-order valence-electron chi connectivity index (χ4n) is 1.27. The van der Waals surface area contributed by atoms with E-state index in [2.05, 4.69) is 5.10 Å². The number of hydrogen-bond acceptors (Lipinski definition) is 3. The first-order valence-electron chi connectivity index (χ1n) is 4.89. The van der Waals surface area contributed by atoms with Gasteiger partial charge in [0.1, 0.15) is 5.69 Å². The molecule has 1 heterocycles. The summed E-state index contributed by atoms with van der Waals surface area (Å²) >= 11 is 0. The van der Waals surface area contributed by atoms with E-state index in [1.807, 2.05) is 20.8 Å². The number of rotatable bonds is 4. The number of nitrogens with two attached hydrogens (primary N) is 1. The zero-order valence-electron chi connectivity index (χ0n) is 8.90. The molecule has 0 amide bonds. The molecule has 0 aromatic carbocycles. The lowest BCUT2D eigenvalue weighted by Gasteiger charge is -2.14. The van der Waals surface area contributed by atoms with Crippen molar-refractivity contribution in [2.24, 2.45) is 11.7 Å². The Labute approximate surface area is 84.1 Å². The molecule has 1 rings (SSSR count). The molecule has 4 heteroatoms. The molecule has 78 valence electrons. The van der Waals surface area contributed by atoms with Gasteiger partial charge < -0.3 is 5.73 Å². The van der Waals surface area contributed by atoms with Gasteiger partial charge in [-0.1, -0.05) is 6.92 Å². The highest BCUT2D eigenvalue weighted by molar-refractivity contribution is 5.96. The van der Waals surface area contributed by atoms with Crippen LogP contribution in [-0.2, 0) is 6.54 Å². The largest absolute Gasteiger partial charge is 0.327 e. The van der Waals surface area contributed by atoms with E-state index in [4.69, 9.17) is 5.73 Å². The predicted molar refractivity (Wildman–Crippen MR) is 55.0 cm³/mol. The summed E-state index contributed by atoms with van der Waals surface area (Å²) in [5.74, 6) is -0.0867. The Bertz CT molecular complexity index is 317. The third-order valence-corrected chi connectivity index (χ3v) is 2.47. The van der Waals surface area contributed by atoms with Crippen LogP contribution in [0.15, 0.2) is 12.3 Å². The van der Waals surface area contributed by atoms with Crippen molar-refractivity contribution < 1.29 is 4.79 Å². The zero-order chi connectivity index (χ0) is 10.7. The molecule has 1 aromatic heterocycles. The minimum absolute atomic E-state index is 0.0688. The lowest BCUT2D eigenvalue weighted by atomic mass is 9.97. The lowest BCUT2D eigenvalue weighted by Crippen LogP contribution is -2.31. The number of aryl methyl sites for hydroxylation is 1. The molecule has 4 nitrogen and oxygen atoms in total. The standard InChI is InChI=1S/C10H17N3O/c1-4-13-9(5-6-12-13)10(14)7(2)8(3)11/h5-8H,4,11H2,1-3H3. The van der Waals surface area contributed by atoms with Gasteiger partial charge in [-0.05, 0) is 19.9 Å². The van der Waals surface area contributed by atoms with E-state index < -0.39 is 0 Å². The second-order valence-electron chi connectivity index (χ2n) is 3.54. The maximum absolute atomic E-state index is 11.9. The zero-order valence-corrected chi connectivity index (χ0v) is 8.90. The molecular weight excluding hydrogens is 178 g/mol. The number of hydrogen-bond donors (Lipinski definition) is 1. The van der Waals surface area contributed by atoms with Gasteiger partial charge in [0.25, 0.3) is 0 Å². The molecule has 2 atom stereocenters. The molecule has 1 aromatic rings. The van der Waals surface area contributed by atoms with Gasteiger partial charge in [0, 0.05) is 24.7 Å². The third kappa shape index (κ3) is 2.01. The average Bonchev–Trinajstić information content (AvgIpc) is 2.62. The highest BCUT2D eigenvalue weighted by Gasteiger charge is 2.21. The Morgan fingerprint density at radius 3 is 2.79 bits per heavy atom. The van der Waals surface area contributed by atoms with E-state index in [1.165, 1.54) is 0 Å². The summed E-state index contributed by atoms with van der Waals surface area (Å²) in [6.45, 7) is 6.36. The van der Waals surface area contributed by atoms with Gasteiger partial charge in [0.15, 0.2) is 5.78 Å². The summed E-state index contributed by atoms with van der Waals surface area (Å²) in [5, 5.41) is 4.05. The van der Waals surface area contributed by atoms with Crippen LogP contribution < -0.4 is 5.73 Å². The summed E-state index contributed by atoms with van der Waals surface area (Å²) in [6, 6.07) is 1.62. The van der Waals surface area contributed by atoms with Crippen molar-refractivity contribution >= 4 is 5.78 Å². The Balaban J connectivity index is 2.89. The normalized spacial score (nSPS) is 15.1. The van der Waals surface area contributed by atoms with Crippen molar-refractivity contribution in [1.82, 2.24) is 9.78 Å². The molecule has 0 spiro atoms. The molecule has 0 saturated heterocycles. The fourth-order valence-corrected chi connectivity index (χ4v) is 1.27. The van der Waals surface area contributed by atoms with Gasteiger partial charge in [0.2, 0.25) is 0 Å². The van der Waals surface area contributed by atoms with E-state index in [-0.39, 0.29) is 17.7 Å². The average molecular weight is 195 g/mol. The van der Waals surface area contributed by atoms with E-state index in [1.54, 1.807) is 16.9 Å². The molecule has 0 aliphatic heterocycles. The van der Waals surface area contributed by atoms with Crippen LogP contribution in [0.25, 0.3) is 0 Å². The van der Waals surface area contributed by atoms with E-state index in [0.717, 1.165) is 0 Å². The van der Waals surface area contributed by atoms with Gasteiger partial charge in [-0.2, -0.15) is 5.10 Å². The van der Waals surface area contributed by atoms with Gasteiger partial charge in [0.05, 0.1) is 0 Å².